The van der Waals surface area contributed by atoms with Gasteiger partial charge in [0.15, 0.2) is 5.13 Å². The van der Waals surface area contributed by atoms with E-state index >= 15 is 0 Å². The van der Waals surface area contributed by atoms with E-state index in [2.05, 4.69) is 20.6 Å². The Morgan fingerprint density at radius 1 is 1.34 bits per heavy atom. The number of aromatic amines is 1. The number of nitrogens with zero attached hydrogens (tertiary/aromatic N) is 3. The van der Waals surface area contributed by atoms with Gasteiger partial charge < -0.3 is 30.0 Å². The molecule has 0 aliphatic carbocycles. The first-order valence-electron chi connectivity index (χ1n) is 11.1. The second kappa shape index (κ2) is 11.0. The summed E-state index contributed by atoms with van der Waals surface area (Å²) in [5.74, 6) is -0.762. The zero-order valence-corrected chi connectivity index (χ0v) is 21.8. The summed E-state index contributed by atoms with van der Waals surface area (Å²) in [7, 11) is 1.60. The second-order valence-electron chi connectivity index (χ2n) is 7.98. The number of methoxy groups -OCH3 is 1. The van der Waals surface area contributed by atoms with Gasteiger partial charge in [0.05, 0.1) is 34.5 Å². The molecule has 4 heterocycles. The number of amides is 1. The molecule has 1 saturated heterocycles. The van der Waals surface area contributed by atoms with Crippen LogP contribution in [0.15, 0.2) is 11.1 Å². The number of ether oxygens (including phenoxy) is 2. The molecule has 4 rings (SSSR count). The Labute approximate surface area is 216 Å². The molecule has 1 fully saturated rings. The van der Waals surface area contributed by atoms with Crippen molar-refractivity contribution in [1.82, 2.24) is 20.6 Å². The van der Waals surface area contributed by atoms with E-state index in [1.807, 2.05) is 4.90 Å². The van der Waals surface area contributed by atoms with Gasteiger partial charge in [-0.3, -0.25) is 9.79 Å². The molecule has 2 aliphatic heterocycles. The maximum atomic E-state index is 12.8. The van der Waals surface area contributed by atoms with Gasteiger partial charge in [0.2, 0.25) is 0 Å². The van der Waals surface area contributed by atoms with Crippen LogP contribution < -0.4 is 15.5 Å². The minimum Gasteiger partial charge on any atom is -0.462 e. The van der Waals surface area contributed by atoms with E-state index < -0.39 is 5.97 Å². The second-order valence-corrected chi connectivity index (χ2v) is 9.72. The van der Waals surface area contributed by atoms with E-state index in [9.17, 15) is 9.59 Å². The number of allylic oxidation sites excluding steroid dienone is 1. The van der Waals surface area contributed by atoms with Gasteiger partial charge in [-0.2, -0.15) is 0 Å². The summed E-state index contributed by atoms with van der Waals surface area (Å²) in [6.45, 7) is 5.27. The standard InChI is InChI=1S/C22H26Cl2N6O4S/c1-4-34-21(32)19-17(13-5-7-25-10-26-13)29-22(35-19)30-8-6-12(14(9-30)33-3)28-20(31)18-16(24)15(23)11(2)27-18/h5,7,12,14,26-27H,4,6,8-10H2,1-3H3,(H,28,31)/t12-,14+/m1/s1. The normalized spacial score (nSPS) is 19.8. The maximum Gasteiger partial charge on any atom is 0.350 e. The third kappa shape index (κ3) is 5.32. The number of aryl methyl sites for hydroxylation is 1. The van der Waals surface area contributed by atoms with Crippen LogP contribution in [0.5, 0.6) is 0 Å². The SMILES string of the molecule is CCOC(=O)c1sc(N2CC[C@@H](NC(=O)c3[nH]c(C)c(Cl)c3Cl)[C@@H](OC)C2)nc1C1=CC=NCN1. The molecule has 2 aliphatic rings. The summed E-state index contributed by atoms with van der Waals surface area (Å²) in [4.78, 5) is 39.7. The molecule has 35 heavy (non-hydrogen) atoms. The van der Waals surface area contributed by atoms with Crippen LogP contribution >= 0.6 is 34.5 Å². The van der Waals surface area contributed by atoms with Crippen molar-refractivity contribution in [2.75, 3.05) is 38.4 Å². The summed E-state index contributed by atoms with van der Waals surface area (Å²) in [5.41, 5.74) is 2.11. The molecule has 0 saturated carbocycles. The highest BCUT2D eigenvalue weighted by Crippen LogP contribution is 2.33. The van der Waals surface area contributed by atoms with Crippen molar-refractivity contribution in [3.8, 4) is 0 Å². The number of nitrogens with one attached hydrogen (secondary N) is 3. The van der Waals surface area contributed by atoms with Crippen molar-refractivity contribution < 1.29 is 19.1 Å². The quantitative estimate of drug-likeness (QED) is 0.460. The van der Waals surface area contributed by atoms with Gasteiger partial charge in [-0.05, 0) is 26.3 Å². The lowest BCUT2D eigenvalue weighted by Gasteiger charge is -2.37. The lowest BCUT2D eigenvalue weighted by atomic mass is 10.0. The van der Waals surface area contributed by atoms with Gasteiger partial charge in [0.25, 0.3) is 5.91 Å². The van der Waals surface area contributed by atoms with Gasteiger partial charge in [-0.25, -0.2) is 9.78 Å². The highest BCUT2D eigenvalue weighted by Gasteiger charge is 2.34. The molecule has 10 nitrogen and oxygen atoms in total. The number of halogens is 2. The first-order chi connectivity index (χ1) is 16.8. The summed E-state index contributed by atoms with van der Waals surface area (Å²) < 4.78 is 11.0. The molecule has 0 bridgehead atoms. The number of thiazole rings is 1. The van der Waals surface area contributed by atoms with Gasteiger partial charge in [-0.1, -0.05) is 34.5 Å². The van der Waals surface area contributed by atoms with Gasteiger partial charge in [-0.15, -0.1) is 0 Å². The summed E-state index contributed by atoms with van der Waals surface area (Å²) in [5, 5.41) is 7.36. The van der Waals surface area contributed by atoms with E-state index in [0.29, 0.717) is 58.3 Å². The van der Waals surface area contributed by atoms with Crippen molar-refractivity contribution in [2.45, 2.75) is 32.4 Å². The van der Waals surface area contributed by atoms with Crippen molar-refractivity contribution in [3.05, 3.63) is 38.1 Å². The molecular formula is C22H26Cl2N6O4S. The predicted molar refractivity (Wildman–Crippen MR) is 137 cm³/mol. The van der Waals surface area contributed by atoms with Crippen molar-refractivity contribution in [1.29, 1.82) is 0 Å². The molecule has 0 aromatic carbocycles. The number of esters is 1. The number of piperidine rings is 1. The number of H-pyrrole nitrogens is 1. The van der Waals surface area contributed by atoms with Crippen LogP contribution in [0.2, 0.25) is 10.0 Å². The number of carbonyl (C=O) groups excluding carboxylic acids is 2. The number of aromatic nitrogens is 2. The molecule has 3 N–H and O–H groups in total. The Morgan fingerprint density at radius 2 is 2.14 bits per heavy atom. The van der Waals surface area contributed by atoms with Crippen molar-refractivity contribution >= 4 is 63.5 Å². The Hall–Kier alpha value is -2.60. The van der Waals surface area contributed by atoms with Gasteiger partial charge in [0, 0.05) is 32.1 Å². The average molecular weight is 541 g/mol. The van der Waals surface area contributed by atoms with Crippen LogP contribution in [0.1, 0.15) is 44.9 Å². The molecule has 13 heteroatoms. The third-order valence-corrected chi connectivity index (χ3v) is 7.81. The topological polar surface area (TPSA) is 121 Å². The first kappa shape index (κ1) is 25.5. The monoisotopic (exact) mass is 540 g/mol. The lowest BCUT2D eigenvalue weighted by molar-refractivity contribution is 0.0530. The van der Waals surface area contributed by atoms with E-state index in [1.54, 1.807) is 33.2 Å². The Bertz CT molecular complexity index is 1180. The van der Waals surface area contributed by atoms with Crippen LogP contribution in [0.4, 0.5) is 5.13 Å². The number of rotatable bonds is 7. The minimum absolute atomic E-state index is 0.200. The Kier molecular flexibility index (Phi) is 8.00. The molecule has 2 aromatic rings. The molecule has 188 valence electrons. The van der Waals surface area contributed by atoms with Crippen LogP contribution in [-0.2, 0) is 9.47 Å². The van der Waals surface area contributed by atoms with Crippen LogP contribution in [0, 0.1) is 6.92 Å². The highest BCUT2D eigenvalue weighted by molar-refractivity contribution is 7.17. The number of anilines is 1. The minimum atomic E-state index is -0.418. The van der Waals surface area contributed by atoms with Crippen molar-refractivity contribution in [2.24, 2.45) is 4.99 Å². The summed E-state index contributed by atoms with van der Waals surface area (Å²) >= 11 is 13.6. The van der Waals surface area contributed by atoms with Gasteiger partial charge in [0.1, 0.15) is 22.9 Å². The fraction of sp³-hybridized carbons (Fsp3) is 0.455. The number of aliphatic imine (C=N–C) groups is 1. The largest absolute Gasteiger partial charge is 0.462 e. The maximum absolute atomic E-state index is 12.8. The van der Waals surface area contributed by atoms with Crippen LogP contribution in [-0.4, -0.2) is 73.7 Å². The van der Waals surface area contributed by atoms with Gasteiger partial charge >= 0.3 is 5.97 Å². The molecular weight excluding hydrogens is 515 g/mol. The molecule has 2 aromatic heterocycles. The molecule has 1 amide bonds. The first-order valence-corrected chi connectivity index (χ1v) is 12.7. The third-order valence-electron chi connectivity index (χ3n) is 5.77. The molecule has 0 spiro atoms. The lowest BCUT2D eigenvalue weighted by Crippen LogP contribution is -2.55. The predicted octanol–water partition coefficient (Wildman–Crippen LogP) is 3.26. The average Bonchev–Trinajstić information content (AvgIpc) is 3.42. The summed E-state index contributed by atoms with van der Waals surface area (Å²) in [6.07, 6.45) is 3.76. The molecule has 0 unspecified atom stereocenters. The van der Waals surface area contributed by atoms with E-state index in [1.165, 1.54) is 11.3 Å². The zero-order valence-electron chi connectivity index (χ0n) is 19.5. The van der Waals surface area contributed by atoms with Crippen molar-refractivity contribution in [3.63, 3.8) is 0 Å². The number of hydrogen-bond donors (Lipinski definition) is 3. The van der Waals surface area contributed by atoms with Crippen LogP contribution in [0.25, 0.3) is 5.70 Å². The fourth-order valence-electron chi connectivity index (χ4n) is 3.96. The smallest absolute Gasteiger partial charge is 0.350 e. The molecule has 0 radical (unpaired) electrons. The number of carbonyl (C=O) groups is 2. The zero-order chi connectivity index (χ0) is 25.1. The van der Waals surface area contributed by atoms with E-state index in [-0.39, 0.29) is 35.4 Å². The summed E-state index contributed by atoms with van der Waals surface area (Å²) in [6, 6.07) is -0.245. The molecule has 2 atom stereocenters. The Morgan fingerprint density at radius 3 is 2.77 bits per heavy atom. The van der Waals surface area contributed by atoms with E-state index in [4.69, 9.17) is 37.7 Å². The Balaban J connectivity index is 1.52. The van der Waals surface area contributed by atoms with Crippen LogP contribution in [0.3, 0.4) is 0 Å². The van der Waals surface area contributed by atoms with E-state index in [0.717, 1.165) is 0 Å². The number of hydrogen-bond acceptors (Lipinski definition) is 9. The highest BCUT2D eigenvalue weighted by atomic mass is 35.5. The fourth-order valence-corrected chi connectivity index (χ4v) is 5.38.